The third-order valence-electron chi connectivity index (χ3n) is 8.31. The lowest BCUT2D eigenvalue weighted by molar-refractivity contribution is -0.127. The van der Waals surface area contributed by atoms with Crippen molar-refractivity contribution >= 4 is 56.7 Å². The van der Waals surface area contributed by atoms with Gasteiger partial charge >= 0.3 is 0 Å². The highest BCUT2D eigenvalue weighted by atomic mass is 35.5. The van der Waals surface area contributed by atoms with Gasteiger partial charge in [-0.25, -0.2) is 9.37 Å². The number of aromatic nitrogens is 2. The van der Waals surface area contributed by atoms with Crippen LogP contribution in [0, 0.1) is 23.1 Å². The van der Waals surface area contributed by atoms with Crippen molar-refractivity contribution in [2.24, 2.45) is 5.92 Å². The SMILES string of the molecule is N#CC1(NC(=O)[C@@H]2CCC(Cl)(Cl)C[C@H]2c2nc(-c3ccc(F)cn3)sc2-c2ccc(N3CCS(O)(O)CC3)cc2)CC1. The standard InChI is InChI=1S/C29H30Cl2FN5O3S2/c30-29(31)8-7-21(26(38)36-28(17-33)9-10-28)22(15-29)24-25(41-27(35-24)23-6-3-19(32)16-34-23)18-1-4-20(5-2-18)37-11-13-42(39,40)14-12-37/h1-6,16,21-22,39-40H,7-15H2,(H,36,38)/t21-,22-/m1/s1. The molecule has 2 saturated carbocycles. The van der Waals surface area contributed by atoms with E-state index < -0.39 is 38.1 Å². The second-order valence-electron chi connectivity index (χ2n) is 11.3. The van der Waals surface area contributed by atoms with Crippen molar-refractivity contribution in [3.05, 3.63) is 54.1 Å². The van der Waals surface area contributed by atoms with Crippen LogP contribution in [-0.2, 0) is 4.79 Å². The number of amides is 1. The number of alkyl halides is 2. The third-order valence-corrected chi connectivity index (χ3v) is 11.8. The van der Waals surface area contributed by atoms with Crippen LogP contribution in [0.25, 0.3) is 21.1 Å². The van der Waals surface area contributed by atoms with Crippen molar-refractivity contribution in [3.63, 3.8) is 0 Å². The minimum Gasteiger partial charge on any atom is -0.368 e. The van der Waals surface area contributed by atoms with Crippen molar-refractivity contribution in [1.82, 2.24) is 15.3 Å². The molecule has 0 bridgehead atoms. The van der Waals surface area contributed by atoms with Gasteiger partial charge in [-0.15, -0.1) is 34.5 Å². The minimum atomic E-state index is -2.50. The Balaban J connectivity index is 1.37. The molecule has 1 aromatic carbocycles. The minimum absolute atomic E-state index is 0.199. The second-order valence-corrected chi connectivity index (χ2v) is 16.4. The molecule has 3 N–H and O–H groups in total. The lowest BCUT2D eigenvalue weighted by Gasteiger charge is -2.41. The second kappa shape index (κ2) is 11.2. The molecule has 0 unspecified atom stereocenters. The highest BCUT2D eigenvalue weighted by Crippen LogP contribution is 2.52. The van der Waals surface area contributed by atoms with Crippen molar-refractivity contribution in [2.75, 3.05) is 29.5 Å². The average Bonchev–Trinajstić information content (AvgIpc) is 3.59. The molecule has 3 fully saturated rings. The van der Waals surface area contributed by atoms with Crippen LogP contribution in [0.15, 0.2) is 42.6 Å². The summed E-state index contributed by atoms with van der Waals surface area (Å²) in [6, 6.07) is 13.1. The lowest BCUT2D eigenvalue weighted by atomic mass is 9.75. The predicted octanol–water partition coefficient (Wildman–Crippen LogP) is 6.81. The van der Waals surface area contributed by atoms with Crippen molar-refractivity contribution < 1.29 is 18.3 Å². The summed E-state index contributed by atoms with van der Waals surface area (Å²) < 4.78 is 32.6. The molecule has 2 aromatic heterocycles. The van der Waals surface area contributed by atoms with Crippen molar-refractivity contribution in [3.8, 4) is 27.2 Å². The number of anilines is 1. The third kappa shape index (κ3) is 6.25. The maximum atomic E-state index is 13.7. The first-order valence-corrected chi connectivity index (χ1v) is 17.3. The Morgan fingerprint density at radius 1 is 1.14 bits per heavy atom. The Labute approximate surface area is 259 Å². The van der Waals surface area contributed by atoms with Gasteiger partial charge in [-0.3, -0.25) is 18.9 Å². The lowest BCUT2D eigenvalue weighted by Crippen LogP contribution is -2.44. The van der Waals surface area contributed by atoms with E-state index in [9.17, 15) is 23.6 Å². The van der Waals surface area contributed by atoms with E-state index in [4.69, 9.17) is 28.2 Å². The number of rotatable bonds is 6. The molecule has 2 aliphatic carbocycles. The summed E-state index contributed by atoms with van der Waals surface area (Å²) in [5.41, 5.74) is 2.24. The van der Waals surface area contributed by atoms with Crippen LogP contribution < -0.4 is 10.2 Å². The van der Waals surface area contributed by atoms with E-state index in [0.717, 1.165) is 22.3 Å². The Morgan fingerprint density at radius 3 is 2.48 bits per heavy atom. The maximum absolute atomic E-state index is 13.7. The van der Waals surface area contributed by atoms with Gasteiger partial charge < -0.3 is 10.2 Å². The summed E-state index contributed by atoms with van der Waals surface area (Å²) >= 11 is 14.8. The van der Waals surface area contributed by atoms with Gasteiger partial charge in [0.25, 0.3) is 0 Å². The van der Waals surface area contributed by atoms with Crippen LogP contribution >= 0.6 is 45.1 Å². The quantitative estimate of drug-likeness (QED) is 0.251. The van der Waals surface area contributed by atoms with Crippen LogP contribution in [0.2, 0.25) is 0 Å². The normalized spacial score (nSPS) is 24.8. The number of halogens is 3. The number of pyridine rings is 1. The molecule has 3 aromatic rings. The molecule has 3 heterocycles. The molecule has 2 atom stereocenters. The Bertz CT molecular complexity index is 1510. The first kappa shape index (κ1) is 29.6. The molecule has 13 heteroatoms. The first-order valence-electron chi connectivity index (χ1n) is 13.8. The summed E-state index contributed by atoms with van der Waals surface area (Å²) in [7, 11) is -2.50. The van der Waals surface area contributed by atoms with Gasteiger partial charge in [0.05, 0.1) is 40.0 Å². The van der Waals surface area contributed by atoms with Gasteiger partial charge in [0, 0.05) is 30.6 Å². The van der Waals surface area contributed by atoms with E-state index in [1.54, 1.807) is 6.07 Å². The number of hydrogen-bond acceptors (Lipinski definition) is 8. The van der Waals surface area contributed by atoms with Gasteiger partial charge in [0.2, 0.25) is 5.91 Å². The fraction of sp³-hybridized carbons (Fsp3) is 0.448. The van der Waals surface area contributed by atoms with Crippen LogP contribution in [0.3, 0.4) is 0 Å². The number of thiazole rings is 1. The first-order chi connectivity index (χ1) is 20.0. The Kier molecular flexibility index (Phi) is 7.92. The fourth-order valence-corrected chi connectivity index (χ4v) is 8.56. The van der Waals surface area contributed by atoms with E-state index >= 15 is 0 Å². The molecule has 1 saturated heterocycles. The van der Waals surface area contributed by atoms with E-state index in [1.807, 2.05) is 24.3 Å². The van der Waals surface area contributed by atoms with E-state index in [1.165, 1.54) is 17.4 Å². The van der Waals surface area contributed by atoms with E-state index in [-0.39, 0.29) is 5.91 Å². The molecule has 222 valence electrons. The zero-order valence-corrected chi connectivity index (χ0v) is 25.7. The number of carbonyl (C=O) groups excluding carboxylic acids is 1. The number of benzene rings is 1. The molecule has 8 nitrogen and oxygen atoms in total. The van der Waals surface area contributed by atoms with Gasteiger partial charge in [-0.05, 0) is 61.9 Å². The number of carbonyl (C=O) groups is 1. The zero-order valence-electron chi connectivity index (χ0n) is 22.6. The zero-order chi connectivity index (χ0) is 29.7. The maximum Gasteiger partial charge on any atom is 0.225 e. The van der Waals surface area contributed by atoms with Crippen molar-refractivity contribution in [2.45, 2.75) is 47.9 Å². The highest BCUT2D eigenvalue weighted by Gasteiger charge is 2.49. The Morgan fingerprint density at radius 2 is 1.86 bits per heavy atom. The molecule has 3 aliphatic rings. The Hall–Kier alpha value is -2.46. The van der Waals surface area contributed by atoms with Crippen LogP contribution in [0.4, 0.5) is 10.1 Å². The monoisotopic (exact) mass is 649 g/mol. The molecule has 1 amide bonds. The van der Waals surface area contributed by atoms with Crippen LogP contribution in [0.1, 0.15) is 43.7 Å². The molecular formula is C29H30Cl2FN5O3S2. The van der Waals surface area contributed by atoms with Gasteiger partial charge in [-0.2, -0.15) is 15.9 Å². The molecule has 6 rings (SSSR count). The van der Waals surface area contributed by atoms with Crippen molar-refractivity contribution in [1.29, 1.82) is 5.26 Å². The molecule has 0 radical (unpaired) electrons. The fourth-order valence-electron chi connectivity index (χ4n) is 5.66. The smallest absolute Gasteiger partial charge is 0.225 e. The number of nitrogens with zero attached hydrogens (tertiary/aromatic N) is 4. The van der Waals surface area contributed by atoms with E-state index in [0.29, 0.717) is 73.1 Å². The summed E-state index contributed by atoms with van der Waals surface area (Å²) in [5, 5.41) is 13.1. The highest BCUT2D eigenvalue weighted by molar-refractivity contribution is 8.24. The number of hydrogen-bond donors (Lipinski definition) is 3. The summed E-state index contributed by atoms with van der Waals surface area (Å²) in [6.07, 6.45) is 3.59. The topological polar surface area (TPSA) is 122 Å². The molecule has 1 aliphatic heterocycles. The van der Waals surface area contributed by atoms with Crippen LogP contribution in [-0.4, -0.2) is 59.4 Å². The van der Waals surface area contributed by atoms with Crippen LogP contribution in [0.5, 0.6) is 0 Å². The van der Waals surface area contributed by atoms with E-state index in [2.05, 4.69) is 21.3 Å². The largest absolute Gasteiger partial charge is 0.368 e. The number of nitriles is 1. The van der Waals surface area contributed by atoms with Gasteiger partial charge in [0.15, 0.2) is 0 Å². The predicted molar refractivity (Wildman–Crippen MR) is 166 cm³/mol. The average molecular weight is 651 g/mol. The van der Waals surface area contributed by atoms with Gasteiger partial charge in [0.1, 0.15) is 20.7 Å². The summed E-state index contributed by atoms with van der Waals surface area (Å²) in [5.74, 6) is -0.860. The van der Waals surface area contributed by atoms with Gasteiger partial charge in [-0.1, -0.05) is 12.1 Å². The molecule has 0 spiro atoms. The molecule has 42 heavy (non-hydrogen) atoms. The summed E-state index contributed by atoms with van der Waals surface area (Å²) in [4.78, 5) is 25.8. The number of nitrogens with one attached hydrogen (secondary N) is 1. The summed E-state index contributed by atoms with van der Waals surface area (Å²) in [6.45, 7) is 1.12. The molecular weight excluding hydrogens is 620 g/mol.